The average Bonchev–Trinajstić information content (AvgIpc) is 3.26. The molecule has 4 rings (SSSR count). The van der Waals surface area contributed by atoms with E-state index >= 15 is 0 Å². The van der Waals surface area contributed by atoms with Crippen LogP contribution in [0.5, 0.6) is 11.5 Å². The van der Waals surface area contributed by atoms with Crippen molar-refractivity contribution in [2.24, 2.45) is 0 Å². The van der Waals surface area contributed by atoms with Gasteiger partial charge in [0, 0.05) is 12.1 Å². The van der Waals surface area contributed by atoms with E-state index in [4.69, 9.17) is 14.2 Å². The van der Waals surface area contributed by atoms with E-state index in [-0.39, 0.29) is 0 Å². The monoisotopic (exact) mass is 447 g/mol. The van der Waals surface area contributed by atoms with E-state index in [2.05, 4.69) is 20.3 Å². The van der Waals surface area contributed by atoms with E-state index < -0.39 is 37.3 Å². The predicted octanol–water partition coefficient (Wildman–Crippen LogP) is -0.572. The second kappa shape index (κ2) is 9.22. The summed E-state index contributed by atoms with van der Waals surface area (Å²) in [4.78, 5) is 12.8. The van der Waals surface area contributed by atoms with E-state index in [1.807, 2.05) is 6.07 Å². The van der Waals surface area contributed by atoms with Crippen LogP contribution in [0.3, 0.4) is 0 Å². The highest BCUT2D eigenvalue weighted by Crippen LogP contribution is 2.31. The molecule has 0 amide bonds. The minimum Gasteiger partial charge on any atom is -0.497 e. The van der Waals surface area contributed by atoms with Gasteiger partial charge in [0.1, 0.15) is 42.2 Å². The number of aromatic nitrogens is 4. The fourth-order valence-electron chi connectivity index (χ4n) is 3.68. The van der Waals surface area contributed by atoms with Crippen molar-refractivity contribution < 1.29 is 34.6 Å². The van der Waals surface area contributed by atoms with Gasteiger partial charge in [0.15, 0.2) is 23.2 Å². The molecule has 1 aromatic carbocycles. The largest absolute Gasteiger partial charge is 0.497 e. The summed E-state index contributed by atoms with van der Waals surface area (Å²) in [7, 11) is 3.16. The van der Waals surface area contributed by atoms with Crippen LogP contribution in [-0.4, -0.2) is 85.2 Å². The summed E-state index contributed by atoms with van der Waals surface area (Å²) in [5.74, 6) is 1.79. The van der Waals surface area contributed by atoms with Gasteiger partial charge in [0.05, 0.1) is 27.2 Å². The Hall–Kier alpha value is -3.03. The summed E-state index contributed by atoms with van der Waals surface area (Å²) in [6, 6.07) is 5.45. The molecule has 172 valence electrons. The van der Waals surface area contributed by atoms with Gasteiger partial charge < -0.3 is 40.0 Å². The number of rotatable bonds is 7. The van der Waals surface area contributed by atoms with Crippen LogP contribution < -0.4 is 14.8 Å². The van der Waals surface area contributed by atoms with Crippen LogP contribution in [0.4, 0.5) is 5.82 Å². The number of aliphatic hydroxyl groups excluding tert-OH is 4. The fourth-order valence-corrected chi connectivity index (χ4v) is 3.68. The van der Waals surface area contributed by atoms with Gasteiger partial charge in [-0.2, -0.15) is 0 Å². The minimum atomic E-state index is -1.51. The van der Waals surface area contributed by atoms with Crippen molar-refractivity contribution in [3.8, 4) is 11.5 Å². The number of aliphatic hydroxyl groups is 4. The lowest BCUT2D eigenvalue weighted by Crippen LogP contribution is -2.56. The van der Waals surface area contributed by atoms with Crippen LogP contribution in [0, 0.1) is 0 Å². The first-order chi connectivity index (χ1) is 15.5. The van der Waals surface area contributed by atoms with Gasteiger partial charge in [-0.05, 0) is 18.2 Å². The zero-order valence-corrected chi connectivity index (χ0v) is 17.5. The highest BCUT2D eigenvalue weighted by molar-refractivity contribution is 5.82. The molecule has 1 aliphatic heterocycles. The summed E-state index contributed by atoms with van der Waals surface area (Å²) in [5, 5.41) is 43.2. The van der Waals surface area contributed by atoms with E-state index in [1.54, 1.807) is 26.4 Å². The molecule has 5 atom stereocenters. The van der Waals surface area contributed by atoms with Crippen LogP contribution in [0.15, 0.2) is 30.9 Å². The minimum absolute atomic E-state index is 0.337. The average molecular weight is 447 g/mol. The first kappa shape index (κ1) is 22.2. The summed E-state index contributed by atoms with van der Waals surface area (Å²) in [6.45, 7) is -0.169. The number of imidazole rings is 1. The Kier molecular flexibility index (Phi) is 6.39. The van der Waals surface area contributed by atoms with Gasteiger partial charge in [-0.15, -0.1) is 0 Å². The standard InChI is InChI=1S/C20H25N5O7/c1-30-11-3-4-12(31-2)10(5-11)6-21-18-14-19(23-8-22-18)25(9-24-14)20-17(29)16(28)15(27)13(7-26)32-20/h3-5,8-9,13,15-17,20,26-29H,6-7H2,1-2H3,(H,21,22,23)/t13-,15-,16+,17-,20?/m1/s1. The third-order valence-electron chi connectivity index (χ3n) is 5.43. The molecule has 12 heteroatoms. The maximum atomic E-state index is 10.4. The van der Waals surface area contributed by atoms with Crippen LogP contribution in [0.1, 0.15) is 11.8 Å². The Labute approximate surface area is 183 Å². The molecule has 0 saturated carbocycles. The third kappa shape index (κ3) is 3.94. The highest BCUT2D eigenvalue weighted by atomic mass is 16.6. The van der Waals surface area contributed by atoms with Crippen molar-refractivity contribution in [2.45, 2.75) is 37.2 Å². The summed E-state index contributed by atoms with van der Waals surface area (Å²) in [5.41, 5.74) is 1.59. The van der Waals surface area contributed by atoms with Gasteiger partial charge in [0.2, 0.25) is 0 Å². The molecule has 0 spiro atoms. The lowest BCUT2D eigenvalue weighted by Gasteiger charge is -2.40. The number of fused-ring (bicyclic) bond motifs is 1. The quantitative estimate of drug-likeness (QED) is 0.315. The van der Waals surface area contributed by atoms with Crippen molar-refractivity contribution in [3.63, 3.8) is 0 Å². The number of benzene rings is 1. The molecule has 3 heterocycles. The molecule has 1 aliphatic rings. The second-order valence-corrected chi connectivity index (χ2v) is 7.30. The molecule has 32 heavy (non-hydrogen) atoms. The molecule has 3 aromatic rings. The second-order valence-electron chi connectivity index (χ2n) is 7.30. The van der Waals surface area contributed by atoms with Gasteiger partial charge in [-0.25, -0.2) is 15.0 Å². The number of nitrogens with one attached hydrogen (secondary N) is 1. The van der Waals surface area contributed by atoms with E-state index in [9.17, 15) is 20.4 Å². The van der Waals surface area contributed by atoms with Crippen LogP contribution in [0.25, 0.3) is 11.2 Å². The first-order valence-electron chi connectivity index (χ1n) is 9.91. The molecule has 1 unspecified atom stereocenters. The topological polar surface area (TPSA) is 164 Å². The molecule has 5 N–H and O–H groups in total. The molecule has 1 fully saturated rings. The molecule has 2 aromatic heterocycles. The maximum Gasteiger partial charge on any atom is 0.167 e. The Balaban J connectivity index is 1.62. The van der Waals surface area contributed by atoms with Crippen molar-refractivity contribution in [3.05, 3.63) is 36.4 Å². The third-order valence-corrected chi connectivity index (χ3v) is 5.43. The number of methoxy groups -OCH3 is 2. The number of hydrogen-bond acceptors (Lipinski definition) is 11. The molecule has 0 aliphatic carbocycles. The predicted molar refractivity (Wildman–Crippen MR) is 111 cm³/mol. The van der Waals surface area contributed by atoms with Crippen molar-refractivity contribution in [2.75, 3.05) is 26.1 Å². The molecular formula is C20H25N5O7. The molecule has 0 bridgehead atoms. The van der Waals surface area contributed by atoms with Crippen LogP contribution in [0.2, 0.25) is 0 Å². The lowest BCUT2D eigenvalue weighted by molar-refractivity contribution is -0.250. The van der Waals surface area contributed by atoms with E-state index in [0.29, 0.717) is 35.0 Å². The smallest absolute Gasteiger partial charge is 0.167 e. The normalized spacial score (nSPS) is 25.6. The van der Waals surface area contributed by atoms with Crippen LogP contribution >= 0.6 is 0 Å². The molecule has 1 saturated heterocycles. The first-order valence-corrected chi connectivity index (χ1v) is 9.91. The maximum absolute atomic E-state index is 10.4. The lowest BCUT2D eigenvalue weighted by atomic mass is 9.98. The molecule has 0 radical (unpaired) electrons. The van der Waals surface area contributed by atoms with Gasteiger partial charge >= 0.3 is 0 Å². The Morgan fingerprint density at radius 3 is 2.59 bits per heavy atom. The van der Waals surface area contributed by atoms with Gasteiger partial charge in [-0.1, -0.05) is 0 Å². The fraction of sp³-hybridized carbons (Fsp3) is 0.450. The van der Waals surface area contributed by atoms with E-state index in [1.165, 1.54) is 17.2 Å². The molecular weight excluding hydrogens is 422 g/mol. The SMILES string of the molecule is COc1ccc(OC)c(CNc2ncnc3c2ncn3C2O[C@H](CO)[C@@H](O)[C@H](O)[C@H]2O)c1. The highest BCUT2D eigenvalue weighted by Gasteiger charge is 2.44. The summed E-state index contributed by atoms with van der Waals surface area (Å²) < 4.78 is 17.7. The number of hydrogen-bond donors (Lipinski definition) is 5. The van der Waals surface area contributed by atoms with Crippen molar-refractivity contribution >= 4 is 17.0 Å². The summed E-state index contributed by atoms with van der Waals surface area (Å²) >= 11 is 0. The summed E-state index contributed by atoms with van der Waals surface area (Å²) in [6.07, 6.45) is -3.86. The number of ether oxygens (including phenoxy) is 3. The zero-order chi connectivity index (χ0) is 22.8. The Morgan fingerprint density at radius 1 is 1.06 bits per heavy atom. The van der Waals surface area contributed by atoms with Crippen molar-refractivity contribution in [1.29, 1.82) is 0 Å². The Bertz CT molecular complexity index is 1080. The number of anilines is 1. The van der Waals surface area contributed by atoms with Gasteiger partial charge in [0.25, 0.3) is 0 Å². The van der Waals surface area contributed by atoms with Gasteiger partial charge in [-0.3, -0.25) is 4.57 Å². The van der Waals surface area contributed by atoms with Crippen LogP contribution in [-0.2, 0) is 11.3 Å². The van der Waals surface area contributed by atoms with Crippen molar-refractivity contribution in [1.82, 2.24) is 19.5 Å². The zero-order valence-electron chi connectivity index (χ0n) is 17.5. The Morgan fingerprint density at radius 2 is 1.88 bits per heavy atom. The molecule has 12 nitrogen and oxygen atoms in total. The van der Waals surface area contributed by atoms with E-state index in [0.717, 1.165) is 5.56 Å². The number of nitrogens with zero attached hydrogens (tertiary/aromatic N) is 4.